The summed E-state index contributed by atoms with van der Waals surface area (Å²) in [6.45, 7) is 2.55. The number of nitrogens with zero attached hydrogens (tertiary/aromatic N) is 1. The second-order valence-electron chi connectivity index (χ2n) is 8.57. The van der Waals surface area contributed by atoms with Gasteiger partial charge in [-0.25, -0.2) is 10.2 Å². The van der Waals surface area contributed by atoms with Gasteiger partial charge in [-0.15, -0.1) is 0 Å². The van der Waals surface area contributed by atoms with Crippen molar-refractivity contribution < 1.29 is 28.5 Å². The van der Waals surface area contributed by atoms with Crippen LogP contribution < -0.4 is 24.4 Å². The van der Waals surface area contributed by atoms with E-state index in [-0.39, 0.29) is 6.61 Å². The van der Waals surface area contributed by atoms with Crippen LogP contribution in [0.1, 0.15) is 35.7 Å². The molecule has 0 aliphatic carbocycles. The summed E-state index contributed by atoms with van der Waals surface area (Å²) in [4.78, 5) is 25.1. The average Bonchev–Trinajstić information content (AvgIpc) is 2.97. The number of esters is 1. The number of fused-ring (bicyclic) bond motifs is 1. The second-order valence-corrected chi connectivity index (χ2v) is 8.57. The summed E-state index contributed by atoms with van der Waals surface area (Å²) in [6.07, 6.45) is 3.51. The van der Waals surface area contributed by atoms with E-state index in [9.17, 15) is 9.59 Å². The van der Waals surface area contributed by atoms with Gasteiger partial charge in [-0.1, -0.05) is 43.7 Å². The molecular weight excluding hydrogens is 496 g/mol. The molecule has 200 valence electrons. The first-order valence-corrected chi connectivity index (χ1v) is 12.6. The van der Waals surface area contributed by atoms with Crippen LogP contribution in [0, 0.1) is 0 Å². The molecule has 0 atom stereocenters. The topological polar surface area (TPSA) is 95.5 Å². The monoisotopic (exact) mass is 526 g/mol. The van der Waals surface area contributed by atoms with E-state index in [0.717, 1.165) is 29.4 Å². The zero-order valence-electron chi connectivity index (χ0n) is 21.9. The Hall–Kier alpha value is -4.85. The fraction of sp³-hybridized carbons (Fsp3) is 0.194. The highest BCUT2D eigenvalue weighted by Gasteiger charge is 2.14. The molecule has 4 aromatic carbocycles. The Kier molecular flexibility index (Phi) is 9.50. The van der Waals surface area contributed by atoms with Crippen molar-refractivity contribution in [2.45, 2.75) is 19.8 Å². The normalized spacial score (nSPS) is 10.8. The van der Waals surface area contributed by atoms with Crippen molar-refractivity contribution in [1.29, 1.82) is 0 Å². The maximum Gasteiger partial charge on any atom is 0.343 e. The predicted molar refractivity (Wildman–Crippen MR) is 150 cm³/mol. The number of hydrazone groups is 1. The Morgan fingerprint density at radius 3 is 2.26 bits per heavy atom. The molecule has 4 aromatic rings. The fourth-order valence-electron chi connectivity index (χ4n) is 3.70. The lowest BCUT2D eigenvalue weighted by atomic mass is 10.0. The zero-order valence-corrected chi connectivity index (χ0v) is 21.9. The molecule has 0 aromatic heterocycles. The summed E-state index contributed by atoms with van der Waals surface area (Å²) in [7, 11) is 1.56. The van der Waals surface area contributed by atoms with Crippen molar-refractivity contribution in [2.24, 2.45) is 5.10 Å². The van der Waals surface area contributed by atoms with Crippen LogP contribution in [-0.2, 0) is 4.79 Å². The molecule has 0 saturated carbocycles. The molecule has 0 aliphatic heterocycles. The minimum absolute atomic E-state index is 0.220. The van der Waals surface area contributed by atoms with Gasteiger partial charge in [0, 0.05) is 5.56 Å². The van der Waals surface area contributed by atoms with Gasteiger partial charge in [-0.3, -0.25) is 4.79 Å². The van der Waals surface area contributed by atoms with Crippen LogP contribution in [0.4, 0.5) is 0 Å². The van der Waals surface area contributed by atoms with Gasteiger partial charge in [-0.05, 0) is 71.8 Å². The van der Waals surface area contributed by atoms with Crippen LogP contribution in [0.15, 0.2) is 90.0 Å². The number of hydrogen-bond acceptors (Lipinski definition) is 7. The van der Waals surface area contributed by atoms with Crippen LogP contribution >= 0.6 is 0 Å². The fourth-order valence-corrected chi connectivity index (χ4v) is 3.70. The Bertz CT molecular complexity index is 1430. The smallest absolute Gasteiger partial charge is 0.343 e. The van der Waals surface area contributed by atoms with Crippen molar-refractivity contribution in [3.8, 4) is 23.0 Å². The summed E-state index contributed by atoms with van der Waals surface area (Å²) in [5, 5.41) is 5.83. The van der Waals surface area contributed by atoms with Gasteiger partial charge in [0.15, 0.2) is 6.61 Å². The van der Waals surface area contributed by atoms with E-state index >= 15 is 0 Å². The predicted octanol–water partition coefficient (Wildman–Crippen LogP) is 5.78. The Labute approximate surface area is 227 Å². The van der Waals surface area contributed by atoms with Crippen LogP contribution in [0.25, 0.3) is 10.8 Å². The standard InChI is InChI=1S/C31H30N2O6/c1-3-4-19-37-25-14-16-26(17-15-25)38-21-30(34)33-32-20-28-27-8-6-5-7-22(27)11-18-29(28)39-31(35)23-9-12-24(36-2)13-10-23/h5-18,20H,3-4,19,21H2,1-2H3,(H,33,34). The van der Waals surface area contributed by atoms with Gasteiger partial charge in [-0.2, -0.15) is 5.10 Å². The Balaban J connectivity index is 1.40. The van der Waals surface area contributed by atoms with E-state index in [1.54, 1.807) is 61.7 Å². The largest absolute Gasteiger partial charge is 0.497 e. The van der Waals surface area contributed by atoms with Gasteiger partial charge in [0.05, 0.1) is 25.5 Å². The molecule has 0 spiro atoms. The number of rotatable bonds is 12. The van der Waals surface area contributed by atoms with Gasteiger partial charge < -0.3 is 18.9 Å². The average molecular weight is 527 g/mol. The number of nitrogens with one attached hydrogen (secondary N) is 1. The number of carbonyl (C=O) groups excluding carboxylic acids is 2. The van der Waals surface area contributed by atoms with Crippen molar-refractivity contribution in [2.75, 3.05) is 20.3 Å². The molecule has 1 amide bonds. The summed E-state index contributed by atoms with van der Waals surface area (Å²) < 4.78 is 22.0. The summed E-state index contributed by atoms with van der Waals surface area (Å²) in [5.41, 5.74) is 3.39. The van der Waals surface area contributed by atoms with Gasteiger partial charge in [0.2, 0.25) is 0 Å². The molecule has 0 aliphatic rings. The van der Waals surface area contributed by atoms with E-state index in [4.69, 9.17) is 18.9 Å². The third-order valence-electron chi connectivity index (χ3n) is 5.80. The molecule has 39 heavy (non-hydrogen) atoms. The maximum absolute atomic E-state index is 12.8. The lowest BCUT2D eigenvalue weighted by Crippen LogP contribution is -2.24. The molecule has 0 saturated heterocycles. The van der Waals surface area contributed by atoms with Crippen molar-refractivity contribution >= 4 is 28.9 Å². The van der Waals surface area contributed by atoms with E-state index in [1.165, 1.54) is 6.21 Å². The molecular formula is C31H30N2O6. The minimum Gasteiger partial charge on any atom is -0.497 e. The highest BCUT2D eigenvalue weighted by molar-refractivity contribution is 6.04. The number of ether oxygens (including phenoxy) is 4. The Morgan fingerprint density at radius 1 is 0.846 bits per heavy atom. The molecule has 0 radical (unpaired) electrons. The lowest BCUT2D eigenvalue weighted by Gasteiger charge is -2.11. The lowest BCUT2D eigenvalue weighted by molar-refractivity contribution is -0.123. The number of unbranched alkanes of at least 4 members (excludes halogenated alkanes) is 1. The first-order chi connectivity index (χ1) is 19.1. The Morgan fingerprint density at radius 2 is 1.54 bits per heavy atom. The van der Waals surface area contributed by atoms with Crippen LogP contribution in [0.3, 0.4) is 0 Å². The van der Waals surface area contributed by atoms with Crippen LogP contribution in [-0.4, -0.2) is 38.4 Å². The quantitative estimate of drug-likeness (QED) is 0.0827. The van der Waals surface area contributed by atoms with Crippen LogP contribution in [0.2, 0.25) is 0 Å². The van der Waals surface area contributed by atoms with E-state index in [2.05, 4.69) is 17.5 Å². The van der Waals surface area contributed by atoms with E-state index in [1.807, 2.05) is 30.3 Å². The number of benzene rings is 4. The van der Waals surface area contributed by atoms with Gasteiger partial charge >= 0.3 is 5.97 Å². The van der Waals surface area contributed by atoms with E-state index < -0.39 is 11.9 Å². The zero-order chi connectivity index (χ0) is 27.5. The molecule has 0 unspecified atom stereocenters. The minimum atomic E-state index is -0.526. The van der Waals surface area contributed by atoms with Crippen LogP contribution in [0.5, 0.6) is 23.0 Å². The van der Waals surface area contributed by atoms with Crippen molar-refractivity contribution in [1.82, 2.24) is 5.43 Å². The SMILES string of the molecule is CCCCOc1ccc(OCC(=O)NN=Cc2c(OC(=O)c3ccc(OC)cc3)ccc3ccccc23)cc1. The number of carbonyl (C=O) groups is 2. The van der Waals surface area contributed by atoms with Gasteiger partial charge in [0.25, 0.3) is 5.91 Å². The number of methoxy groups -OCH3 is 1. The van der Waals surface area contributed by atoms with Gasteiger partial charge in [0.1, 0.15) is 23.0 Å². The maximum atomic E-state index is 12.8. The molecule has 0 bridgehead atoms. The molecule has 8 heteroatoms. The number of hydrogen-bond donors (Lipinski definition) is 1. The third kappa shape index (κ3) is 7.58. The second kappa shape index (κ2) is 13.6. The number of amides is 1. The highest BCUT2D eigenvalue weighted by Crippen LogP contribution is 2.27. The molecule has 4 rings (SSSR count). The molecule has 1 N–H and O–H groups in total. The third-order valence-corrected chi connectivity index (χ3v) is 5.80. The first-order valence-electron chi connectivity index (χ1n) is 12.6. The summed E-state index contributed by atoms with van der Waals surface area (Å²) in [5.74, 6) is 1.28. The van der Waals surface area contributed by atoms with Crippen molar-refractivity contribution in [3.05, 3.63) is 96.1 Å². The summed E-state index contributed by atoms with van der Waals surface area (Å²) >= 11 is 0. The molecule has 0 fully saturated rings. The molecule has 8 nitrogen and oxygen atoms in total. The summed E-state index contributed by atoms with van der Waals surface area (Å²) in [6, 6.07) is 24.9. The van der Waals surface area contributed by atoms with E-state index in [0.29, 0.717) is 35.0 Å². The van der Waals surface area contributed by atoms with Crippen molar-refractivity contribution in [3.63, 3.8) is 0 Å². The first kappa shape index (κ1) is 27.2. The molecule has 0 heterocycles. The highest BCUT2D eigenvalue weighted by atomic mass is 16.5.